The zero-order valence-corrected chi connectivity index (χ0v) is 15.3. The topological polar surface area (TPSA) is 73.2 Å². The molecule has 0 aliphatic heterocycles. The Hall–Kier alpha value is -2.65. The molecule has 0 aliphatic carbocycles. The molecular formula is C17H14ClF2N3O3S. The number of alkyl halides is 2. The van der Waals surface area contributed by atoms with Gasteiger partial charge in [-0.1, -0.05) is 29.8 Å². The molecule has 0 atom stereocenters. The van der Waals surface area contributed by atoms with Crippen molar-refractivity contribution in [3.8, 4) is 5.75 Å². The molecule has 0 spiro atoms. The lowest BCUT2D eigenvalue weighted by Gasteiger charge is -2.14. The zero-order valence-electron chi connectivity index (χ0n) is 13.7. The lowest BCUT2D eigenvalue weighted by molar-refractivity contribution is -0.0498. The summed E-state index contributed by atoms with van der Waals surface area (Å²) in [6.45, 7) is -2.69. The molecule has 3 aromatic rings. The Morgan fingerprint density at radius 2 is 1.96 bits per heavy atom. The third kappa shape index (κ3) is 4.75. The monoisotopic (exact) mass is 413 g/mol. The maximum absolute atomic E-state index is 12.7. The molecule has 3 rings (SSSR count). The first kappa shape index (κ1) is 19.1. The van der Waals surface area contributed by atoms with Crippen LogP contribution in [0.25, 0.3) is 0 Å². The Bertz CT molecular complexity index is 1030. The summed E-state index contributed by atoms with van der Waals surface area (Å²) in [6, 6.07) is 11.9. The molecule has 142 valence electrons. The van der Waals surface area contributed by atoms with E-state index in [9.17, 15) is 17.2 Å². The third-order valence-electron chi connectivity index (χ3n) is 3.58. The number of hydrogen-bond acceptors (Lipinski definition) is 4. The number of para-hydroxylation sites is 1. The fourth-order valence-corrected chi connectivity index (χ4v) is 3.79. The van der Waals surface area contributed by atoms with Gasteiger partial charge in [0.2, 0.25) is 0 Å². The highest BCUT2D eigenvalue weighted by Crippen LogP contribution is 2.30. The molecule has 0 radical (unpaired) electrons. The Balaban J connectivity index is 1.86. The first-order chi connectivity index (χ1) is 12.8. The number of hydrogen-bond donors (Lipinski definition) is 1. The molecule has 1 N–H and O–H groups in total. The second kappa shape index (κ2) is 7.93. The van der Waals surface area contributed by atoms with E-state index in [-0.39, 0.29) is 15.7 Å². The van der Waals surface area contributed by atoms with Gasteiger partial charge in [0.25, 0.3) is 10.0 Å². The smallest absolute Gasteiger partial charge is 0.387 e. The van der Waals surface area contributed by atoms with Gasteiger partial charge in [0.15, 0.2) is 0 Å². The highest BCUT2D eigenvalue weighted by atomic mass is 35.5. The van der Waals surface area contributed by atoms with Gasteiger partial charge in [0.1, 0.15) is 5.75 Å². The Kier molecular flexibility index (Phi) is 5.62. The maximum Gasteiger partial charge on any atom is 0.387 e. The standard InChI is InChI=1S/C17H14ClF2N3O3S/c18-14-10-13(6-7-16(14)26-17(19)20)27(24,25)22-15-5-2-1-4-12(15)11-23-9-3-8-21-23/h1-10,17,22H,11H2. The van der Waals surface area contributed by atoms with Crippen molar-refractivity contribution in [1.29, 1.82) is 0 Å². The molecule has 0 aliphatic rings. The second-order valence-corrected chi connectivity index (χ2v) is 7.53. The molecule has 0 bridgehead atoms. The van der Waals surface area contributed by atoms with Gasteiger partial charge in [-0.15, -0.1) is 0 Å². The van der Waals surface area contributed by atoms with Crippen molar-refractivity contribution >= 4 is 27.3 Å². The largest absolute Gasteiger partial charge is 0.433 e. The van der Waals surface area contributed by atoms with Crippen LogP contribution in [0.4, 0.5) is 14.5 Å². The lowest BCUT2D eigenvalue weighted by atomic mass is 10.2. The van der Waals surface area contributed by atoms with Gasteiger partial charge in [0, 0.05) is 12.4 Å². The summed E-state index contributed by atoms with van der Waals surface area (Å²) in [5.41, 5.74) is 1.07. The van der Waals surface area contributed by atoms with Crippen LogP contribution in [0.15, 0.2) is 65.8 Å². The average molecular weight is 414 g/mol. The van der Waals surface area contributed by atoms with Gasteiger partial charge >= 0.3 is 6.61 Å². The summed E-state index contributed by atoms with van der Waals surface area (Å²) in [4.78, 5) is -0.178. The van der Waals surface area contributed by atoms with Crippen LogP contribution in [0.2, 0.25) is 5.02 Å². The fraction of sp³-hybridized carbons (Fsp3) is 0.118. The summed E-state index contributed by atoms with van der Waals surface area (Å²) in [5, 5.41) is 3.87. The Morgan fingerprint density at radius 1 is 1.19 bits per heavy atom. The molecule has 0 saturated carbocycles. The minimum absolute atomic E-state index is 0.178. The number of nitrogens with one attached hydrogen (secondary N) is 1. The van der Waals surface area contributed by atoms with Crippen LogP contribution in [0.3, 0.4) is 0 Å². The number of benzene rings is 2. The van der Waals surface area contributed by atoms with Crippen LogP contribution in [0.5, 0.6) is 5.75 Å². The van der Waals surface area contributed by atoms with Gasteiger partial charge in [-0.3, -0.25) is 9.40 Å². The molecule has 0 amide bonds. The molecule has 1 heterocycles. The Labute approximate surface area is 159 Å². The zero-order chi connectivity index (χ0) is 19.4. The third-order valence-corrected chi connectivity index (χ3v) is 5.24. The van der Waals surface area contributed by atoms with Crippen molar-refractivity contribution in [2.75, 3.05) is 4.72 Å². The molecule has 2 aromatic carbocycles. The highest BCUT2D eigenvalue weighted by molar-refractivity contribution is 7.92. The molecule has 6 nitrogen and oxygen atoms in total. The highest BCUT2D eigenvalue weighted by Gasteiger charge is 2.19. The predicted molar refractivity (Wildman–Crippen MR) is 96.7 cm³/mol. The van der Waals surface area contributed by atoms with Crippen LogP contribution >= 0.6 is 11.6 Å². The lowest BCUT2D eigenvalue weighted by Crippen LogP contribution is -2.15. The van der Waals surface area contributed by atoms with E-state index >= 15 is 0 Å². The molecule has 1 aromatic heterocycles. The first-order valence-electron chi connectivity index (χ1n) is 7.68. The van der Waals surface area contributed by atoms with E-state index in [4.69, 9.17) is 11.6 Å². The van der Waals surface area contributed by atoms with E-state index in [2.05, 4.69) is 14.6 Å². The first-order valence-corrected chi connectivity index (χ1v) is 9.54. The minimum atomic E-state index is -3.99. The molecule has 0 unspecified atom stereocenters. The summed E-state index contributed by atoms with van der Waals surface area (Å²) in [7, 11) is -3.99. The number of nitrogens with zero attached hydrogens (tertiary/aromatic N) is 2. The number of rotatable bonds is 7. The van der Waals surface area contributed by atoms with Crippen molar-refractivity contribution in [1.82, 2.24) is 9.78 Å². The molecule has 10 heteroatoms. The van der Waals surface area contributed by atoms with Gasteiger partial charge in [-0.25, -0.2) is 8.42 Å². The van der Waals surface area contributed by atoms with Crippen LogP contribution in [0, 0.1) is 0 Å². The van der Waals surface area contributed by atoms with Gasteiger partial charge < -0.3 is 4.74 Å². The summed E-state index contributed by atoms with van der Waals surface area (Å²) < 4.78 is 58.3. The van der Waals surface area contributed by atoms with Crippen molar-refractivity contribution in [2.45, 2.75) is 18.1 Å². The molecule has 27 heavy (non-hydrogen) atoms. The van der Waals surface area contributed by atoms with Crippen molar-refractivity contribution < 1.29 is 21.9 Å². The molecule has 0 saturated heterocycles. The normalized spacial score (nSPS) is 11.6. The fourth-order valence-electron chi connectivity index (χ4n) is 2.37. The second-order valence-electron chi connectivity index (χ2n) is 5.44. The minimum Gasteiger partial charge on any atom is -0.433 e. The molecule has 0 fully saturated rings. The Morgan fingerprint density at radius 3 is 2.63 bits per heavy atom. The van der Waals surface area contributed by atoms with Crippen molar-refractivity contribution in [2.24, 2.45) is 0 Å². The van der Waals surface area contributed by atoms with Crippen LogP contribution in [-0.2, 0) is 16.6 Å². The van der Waals surface area contributed by atoms with E-state index < -0.39 is 16.6 Å². The number of aromatic nitrogens is 2. The van der Waals surface area contributed by atoms with Crippen molar-refractivity contribution in [3.05, 3.63) is 71.5 Å². The number of sulfonamides is 1. The van der Waals surface area contributed by atoms with Crippen LogP contribution in [-0.4, -0.2) is 24.8 Å². The predicted octanol–water partition coefficient (Wildman–Crippen LogP) is 3.99. The van der Waals surface area contributed by atoms with E-state index in [0.29, 0.717) is 17.8 Å². The summed E-state index contributed by atoms with van der Waals surface area (Å²) in [5.74, 6) is -0.301. The summed E-state index contributed by atoms with van der Waals surface area (Å²) >= 11 is 5.85. The quantitative estimate of drug-likeness (QED) is 0.635. The SMILES string of the molecule is O=S(=O)(Nc1ccccc1Cn1cccn1)c1ccc(OC(F)F)c(Cl)c1. The van der Waals surface area contributed by atoms with Crippen molar-refractivity contribution in [3.63, 3.8) is 0 Å². The van der Waals surface area contributed by atoms with Crippen LogP contribution < -0.4 is 9.46 Å². The van der Waals surface area contributed by atoms with E-state index in [1.807, 2.05) is 0 Å². The summed E-state index contributed by atoms with van der Waals surface area (Å²) in [6.07, 6.45) is 3.38. The van der Waals surface area contributed by atoms with Gasteiger partial charge in [-0.05, 0) is 35.9 Å². The molecular weight excluding hydrogens is 400 g/mol. The average Bonchev–Trinajstić information content (AvgIpc) is 3.11. The number of anilines is 1. The van der Waals surface area contributed by atoms with Gasteiger partial charge in [-0.2, -0.15) is 13.9 Å². The van der Waals surface area contributed by atoms with Crippen LogP contribution in [0.1, 0.15) is 5.56 Å². The van der Waals surface area contributed by atoms with E-state index in [1.54, 1.807) is 47.4 Å². The number of halogens is 3. The maximum atomic E-state index is 12.7. The number of ether oxygens (including phenoxy) is 1. The van der Waals surface area contributed by atoms with E-state index in [0.717, 1.165) is 18.2 Å². The van der Waals surface area contributed by atoms with Gasteiger partial charge in [0.05, 0.1) is 22.2 Å². The van der Waals surface area contributed by atoms with E-state index in [1.165, 1.54) is 0 Å².